The van der Waals surface area contributed by atoms with Gasteiger partial charge in [0.15, 0.2) is 0 Å². The first kappa shape index (κ1) is 22.5. The summed E-state index contributed by atoms with van der Waals surface area (Å²) in [6.07, 6.45) is 6.03. The Morgan fingerprint density at radius 1 is 1.03 bits per heavy atom. The fourth-order valence-electron chi connectivity index (χ4n) is 4.02. The molecule has 6 heteroatoms. The van der Waals surface area contributed by atoms with Gasteiger partial charge in [-0.15, -0.1) is 0 Å². The van der Waals surface area contributed by atoms with Crippen LogP contribution in [-0.4, -0.2) is 21.0 Å². The third-order valence-corrected chi connectivity index (χ3v) is 7.21. The van der Waals surface area contributed by atoms with Crippen molar-refractivity contribution in [1.82, 2.24) is 4.72 Å². The number of hydrogen-bond acceptors (Lipinski definition) is 4. The van der Waals surface area contributed by atoms with E-state index in [-0.39, 0.29) is 17.9 Å². The highest BCUT2D eigenvalue weighted by atomic mass is 32.2. The lowest BCUT2D eigenvalue weighted by molar-refractivity contribution is -0.143. The van der Waals surface area contributed by atoms with Crippen LogP contribution >= 0.6 is 0 Å². The summed E-state index contributed by atoms with van der Waals surface area (Å²) in [5, 5.41) is 0. The normalized spacial score (nSPS) is 16.2. The maximum atomic E-state index is 13.0. The van der Waals surface area contributed by atoms with E-state index in [9.17, 15) is 13.2 Å². The van der Waals surface area contributed by atoms with E-state index in [0.29, 0.717) is 5.92 Å². The van der Waals surface area contributed by atoms with Crippen molar-refractivity contribution < 1.29 is 17.9 Å². The van der Waals surface area contributed by atoms with Gasteiger partial charge in [-0.1, -0.05) is 61.2 Å². The smallest absolute Gasteiger partial charge is 0.307 e. The van der Waals surface area contributed by atoms with Gasteiger partial charge in [-0.3, -0.25) is 4.79 Å². The average molecular weight is 430 g/mol. The monoisotopic (exact) mass is 429 g/mol. The lowest BCUT2D eigenvalue weighted by atomic mass is 9.84. The van der Waals surface area contributed by atoms with Crippen LogP contribution in [-0.2, 0) is 19.6 Å². The second kappa shape index (κ2) is 10.2. The fraction of sp³-hybridized carbons (Fsp3) is 0.458. The van der Waals surface area contributed by atoms with Gasteiger partial charge in [0, 0.05) is 0 Å². The summed E-state index contributed by atoms with van der Waals surface area (Å²) in [5.41, 5.74) is 3.00. The van der Waals surface area contributed by atoms with Crippen molar-refractivity contribution in [1.29, 1.82) is 0 Å². The Hall–Kier alpha value is -2.18. The number of carbonyl (C=O) groups is 1. The maximum absolute atomic E-state index is 13.0. The van der Waals surface area contributed by atoms with E-state index in [1.54, 1.807) is 19.1 Å². The Labute approximate surface area is 179 Å². The molecule has 0 bridgehead atoms. The number of sulfonamides is 1. The van der Waals surface area contributed by atoms with Gasteiger partial charge in [-0.2, -0.15) is 0 Å². The number of carbonyl (C=O) groups excluding carboxylic acids is 1. The van der Waals surface area contributed by atoms with Gasteiger partial charge in [-0.05, 0) is 55.9 Å². The Morgan fingerprint density at radius 2 is 1.67 bits per heavy atom. The van der Waals surface area contributed by atoms with Gasteiger partial charge in [0.05, 0.1) is 24.0 Å². The van der Waals surface area contributed by atoms with Crippen LogP contribution in [0.1, 0.15) is 74.1 Å². The summed E-state index contributed by atoms with van der Waals surface area (Å²) in [6, 6.07) is 14.0. The number of aryl methyl sites for hydroxylation is 1. The lowest BCUT2D eigenvalue weighted by Crippen LogP contribution is -2.30. The van der Waals surface area contributed by atoms with Crippen molar-refractivity contribution >= 4 is 16.0 Å². The van der Waals surface area contributed by atoms with Gasteiger partial charge in [0.2, 0.25) is 10.0 Å². The van der Waals surface area contributed by atoms with E-state index in [1.807, 2.05) is 43.3 Å². The van der Waals surface area contributed by atoms with Gasteiger partial charge in [0.25, 0.3) is 0 Å². The third-order valence-electron chi connectivity index (χ3n) is 5.72. The molecule has 0 saturated heterocycles. The summed E-state index contributed by atoms with van der Waals surface area (Å²) in [6.45, 7) is 3.95. The molecule has 1 fully saturated rings. The number of hydrogen-bond donors (Lipinski definition) is 1. The highest BCUT2D eigenvalue weighted by Gasteiger charge is 2.25. The van der Waals surface area contributed by atoms with Crippen LogP contribution < -0.4 is 4.72 Å². The van der Waals surface area contributed by atoms with Crippen LogP contribution in [0.2, 0.25) is 0 Å². The summed E-state index contributed by atoms with van der Waals surface area (Å²) < 4.78 is 33.8. The second-order valence-corrected chi connectivity index (χ2v) is 9.71. The second-order valence-electron chi connectivity index (χ2n) is 8.00. The zero-order valence-corrected chi connectivity index (χ0v) is 18.6. The number of benzene rings is 2. The molecule has 1 N–H and O–H groups in total. The molecule has 162 valence electrons. The number of ether oxygens (including phenoxy) is 1. The molecule has 1 atom stereocenters. The molecule has 0 amide bonds. The first-order valence-electron chi connectivity index (χ1n) is 10.7. The van der Waals surface area contributed by atoms with Crippen molar-refractivity contribution in [2.45, 2.75) is 69.2 Å². The summed E-state index contributed by atoms with van der Waals surface area (Å²) in [7, 11) is -3.78. The lowest BCUT2D eigenvalue weighted by Gasteiger charge is -2.22. The van der Waals surface area contributed by atoms with E-state index in [4.69, 9.17) is 4.74 Å². The minimum Gasteiger partial charge on any atom is -0.466 e. The summed E-state index contributed by atoms with van der Waals surface area (Å²) >= 11 is 0. The van der Waals surface area contributed by atoms with Crippen LogP contribution in [0.4, 0.5) is 0 Å². The van der Waals surface area contributed by atoms with Crippen LogP contribution in [0, 0.1) is 6.92 Å². The van der Waals surface area contributed by atoms with E-state index in [0.717, 1.165) is 11.1 Å². The van der Waals surface area contributed by atoms with Crippen molar-refractivity contribution in [2.24, 2.45) is 0 Å². The Balaban J connectivity index is 1.79. The highest BCUT2D eigenvalue weighted by molar-refractivity contribution is 7.89. The van der Waals surface area contributed by atoms with Crippen LogP contribution in [0.15, 0.2) is 53.4 Å². The molecule has 0 heterocycles. The zero-order chi connectivity index (χ0) is 21.6. The van der Waals surface area contributed by atoms with E-state index < -0.39 is 22.0 Å². The molecule has 0 aliphatic heterocycles. The molecular weight excluding hydrogens is 398 g/mol. The predicted octanol–water partition coefficient (Wildman–Crippen LogP) is 5.02. The predicted molar refractivity (Wildman–Crippen MR) is 118 cm³/mol. The zero-order valence-electron chi connectivity index (χ0n) is 17.8. The Kier molecular flexibility index (Phi) is 7.67. The quantitative estimate of drug-likeness (QED) is 0.598. The first-order valence-corrected chi connectivity index (χ1v) is 12.2. The summed E-state index contributed by atoms with van der Waals surface area (Å²) in [4.78, 5) is 12.3. The minimum atomic E-state index is -3.78. The molecule has 5 nitrogen and oxygen atoms in total. The van der Waals surface area contributed by atoms with Crippen LogP contribution in [0.3, 0.4) is 0 Å². The van der Waals surface area contributed by atoms with Gasteiger partial charge in [0.1, 0.15) is 0 Å². The van der Waals surface area contributed by atoms with Crippen molar-refractivity contribution in [3.8, 4) is 0 Å². The Morgan fingerprint density at radius 3 is 2.27 bits per heavy atom. The number of esters is 1. The topological polar surface area (TPSA) is 72.5 Å². The molecule has 0 aromatic heterocycles. The third kappa shape index (κ3) is 5.92. The molecular formula is C24H31NO4S. The highest BCUT2D eigenvalue weighted by Crippen LogP contribution is 2.33. The standard InChI is InChI=1S/C24H31NO4S/c1-3-29-24(26)17-23(21-11-9-18(2)10-12-21)25-30(27,28)22-15-13-20(14-16-22)19-7-5-4-6-8-19/h9-16,19,23,25H,3-8,17H2,1-2H3/t23-/m1/s1. The average Bonchev–Trinajstić information content (AvgIpc) is 2.74. The molecule has 2 aromatic rings. The fourth-order valence-corrected chi connectivity index (χ4v) is 5.25. The summed E-state index contributed by atoms with van der Waals surface area (Å²) in [5.74, 6) is 0.0889. The van der Waals surface area contributed by atoms with Gasteiger partial charge < -0.3 is 4.74 Å². The maximum Gasteiger partial charge on any atom is 0.307 e. The van der Waals surface area contributed by atoms with Gasteiger partial charge >= 0.3 is 5.97 Å². The van der Waals surface area contributed by atoms with Crippen LogP contribution in [0.25, 0.3) is 0 Å². The largest absolute Gasteiger partial charge is 0.466 e. The molecule has 1 aliphatic carbocycles. The SMILES string of the molecule is CCOC(=O)C[C@@H](NS(=O)(=O)c1ccc(C2CCCCC2)cc1)c1ccc(C)cc1. The molecule has 2 aromatic carbocycles. The van der Waals surface area contributed by atoms with E-state index >= 15 is 0 Å². The van der Waals surface area contributed by atoms with E-state index in [2.05, 4.69) is 4.72 Å². The van der Waals surface area contributed by atoms with E-state index in [1.165, 1.54) is 37.7 Å². The number of rotatable bonds is 8. The van der Waals surface area contributed by atoms with Gasteiger partial charge in [-0.25, -0.2) is 13.1 Å². The Bertz CT molecular complexity index is 930. The van der Waals surface area contributed by atoms with Crippen LogP contribution in [0.5, 0.6) is 0 Å². The molecule has 3 rings (SSSR count). The molecule has 30 heavy (non-hydrogen) atoms. The van der Waals surface area contributed by atoms with Crippen molar-refractivity contribution in [3.05, 3.63) is 65.2 Å². The molecule has 0 radical (unpaired) electrons. The van der Waals surface area contributed by atoms with Crippen molar-refractivity contribution in [3.63, 3.8) is 0 Å². The molecule has 1 aliphatic rings. The molecule has 1 saturated carbocycles. The molecule has 0 unspecified atom stereocenters. The van der Waals surface area contributed by atoms with Crippen molar-refractivity contribution in [2.75, 3.05) is 6.61 Å². The number of nitrogens with one attached hydrogen (secondary N) is 1. The molecule has 0 spiro atoms. The first-order chi connectivity index (χ1) is 14.4. The minimum absolute atomic E-state index is 0.0592.